The molecule has 6 heteroatoms. The van der Waals surface area contributed by atoms with Crippen LogP contribution in [-0.2, 0) is 0 Å². The summed E-state index contributed by atoms with van der Waals surface area (Å²) in [6.45, 7) is 3.93. The Balaban J connectivity index is 2.27. The first-order valence-electron chi connectivity index (χ1n) is 6.52. The summed E-state index contributed by atoms with van der Waals surface area (Å²) in [5.74, 6) is 0.248. The van der Waals surface area contributed by atoms with E-state index in [4.69, 9.17) is 23.2 Å². The minimum Gasteiger partial charge on any atom is -0.319 e. The third kappa shape index (κ3) is 2.56. The molecule has 1 aromatic carbocycles. The van der Waals surface area contributed by atoms with Gasteiger partial charge in [0.1, 0.15) is 11.6 Å². The quantitative estimate of drug-likeness (QED) is 0.550. The minimum absolute atomic E-state index is 0.0546. The lowest BCUT2D eigenvalue weighted by atomic mass is 10.1. The van der Waals surface area contributed by atoms with Crippen LogP contribution in [0.4, 0.5) is 4.39 Å². The van der Waals surface area contributed by atoms with Gasteiger partial charge in [0.25, 0.3) is 0 Å². The van der Waals surface area contributed by atoms with Crippen molar-refractivity contribution in [2.24, 2.45) is 0 Å². The Hall–Kier alpha value is -1.10. The normalized spacial score (nSPS) is 14.5. The van der Waals surface area contributed by atoms with Crippen LogP contribution in [0.1, 0.15) is 36.7 Å². The minimum atomic E-state index is -0.467. The highest BCUT2D eigenvalue weighted by molar-refractivity contribution is 7.07. The topological polar surface area (TPSA) is 17.8 Å². The van der Waals surface area contributed by atoms with Gasteiger partial charge in [-0.15, -0.1) is 11.6 Å². The molecular formula is C15H13Cl2FN2S. The SMILES string of the molecule is CC(Cl)c1nc2cc(F)c(Cl)cc2n1C(C)c1ccsc1. The average Bonchev–Trinajstić information content (AvgIpc) is 3.06. The van der Waals surface area contributed by atoms with E-state index in [1.807, 2.05) is 16.9 Å². The Morgan fingerprint density at radius 3 is 2.71 bits per heavy atom. The summed E-state index contributed by atoms with van der Waals surface area (Å²) in [5.41, 5.74) is 2.53. The lowest BCUT2D eigenvalue weighted by Gasteiger charge is -2.18. The van der Waals surface area contributed by atoms with Gasteiger partial charge >= 0.3 is 0 Å². The van der Waals surface area contributed by atoms with Crippen LogP contribution >= 0.6 is 34.5 Å². The number of nitrogens with zero attached hydrogens (tertiary/aromatic N) is 2. The number of benzene rings is 1. The number of halogens is 3. The van der Waals surface area contributed by atoms with Crippen LogP contribution in [0.2, 0.25) is 5.02 Å². The van der Waals surface area contributed by atoms with Gasteiger partial charge in [-0.25, -0.2) is 9.37 Å². The first kappa shape index (κ1) is 14.8. The summed E-state index contributed by atoms with van der Waals surface area (Å²) in [6, 6.07) is 5.09. The smallest absolute Gasteiger partial charge is 0.144 e. The summed E-state index contributed by atoms with van der Waals surface area (Å²) in [5, 5.41) is 3.93. The molecule has 0 N–H and O–H groups in total. The van der Waals surface area contributed by atoms with Crippen molar-refractivity contribution in [3.63, 3.8) is 0 Å². The first-order valence-corrected chi connectivity index (χ1v) is 8.27. The molecule has 110 valence electrons. The van der Waals surface area contributed by atoms with E-state index < -0.39 is 5.82 Å². The van der Waals surface area contributed by atoms with Crippen molar-refractivity contribution in [3.05, 3.63) is 51.2 Å². The molecule has 0 amide bonds. The highest BCUT2D eigenvalue weighted by Gasteiger charge is 2.21. The van der Waals surface area contributed by atoms with E-state index in [9.17, 15) is 4.39 Å². The molecule has 2 nitrogen and oxygen atoms in total. The molecule has 0 bridgehead atoms. The molecule has 3 rings (SSSR count). The van der Waals surface area contributed by atoms with Crippen molar-refractivity contribution in [2.45, 2.75) is 25.3 Å². The molecule has 0 aliphatic carbocycles. The highest BCUT2D eigenvalue weighted by atomic mass is 35.5. The average molecular weight is 343 g/mol. The molecule has 0 saturated carbocycles. The fourth-order valence-corrected chi connectivity index (χ4v) is 3.52. The molecule has 2 aromatic heterocycles. The lowest BCUT2D eigenvalue weighted by Crippen LogP contribution is -2.10. The maximum atomic E-state index is 13.7. The molecule has 2 heterocycles. The maximum absolute atomic E-state index is 13.7. The predicted molar refractivity (Wildman–Crippen MR) is 87.1 cm³/mol. The summed E-state index contributed by atoms with van der Waals surface area (Å²) in [4.78, 5) is 4.48. The third-order valence-corrected chi connectivity index (χ3v) is 4.71. The molecule has 2 atom stereocenters. The monoisotopic (exact) mass is 342 g/mol. The van der Waals surface area contributed by atoms with E-state index in [-0.39, 0.29) is 16.4 Å². The van der Waals surface area contributed by atoms with Crippen molar-refractivity contribution in [3.8, 4) is 0 Å². The fraction of sp³-hybridized carbons (Fsp3) is 0.267. The summed E-state index contributed by atoms with van der Waals surface area (Å²) < 4.78 is 15.7. The summed E-state index contributed by atoms with van der Waals surface area (Å²) in [6.07, 6.45) is 0. The van der Waals surface area contributed by atoms with E-state index in [2.05, 4.69) is 23.4 Å². The molecule has 21 heavy (non-hydrogen) atoms. The standard InChI is InChI=1S/C15H13Cl2FN2S/c1-8(16)15-19-13-6-12(18)11(17)5-14(13)20(15)9(2)10-3-4-21-7-10/h3-9H,1-2H3. The van der Waals surface area contributed by atoms with Crippen LogP contribution in [0.3, 0.4) is 0 Å². The Bertz CT molecular complexity index is 781. The molecule has 0 aliphatic rings. The second kappa shape index (κ2) is 5.59. The largest absolute Gasteiger partial charge is 0.319 e. The molecule has 0 radical (unpaired) electrons. The fourth-order valence-electron chi connectivity index (χ4n) is 2.46. The van der Waals surface area contributed by atoms with E-state index in [0.29, 0.717) is 11.3 Å². The van der Waals surface area contributed by atoms with Crippen LogP contribution in [0, 0.1) is 5.82 Å². The van der Waals surface area contributed by atoms with Crippen molar-refractivity contribution in [1.29, 1.82) is 0 Å². The molecule has 0 aliphatic heterocycles. The van der Waals surface area contributed by atoms with Gasteiger partial charge < -0.3 is 4.57 Å². The van der Waals surface area contributed by atoms with Crippen molar-refractivity contribution < 1.29 is 4.39 Å². The van der Waals surface area contributed by atoms with Crippen molar-refractivity contribution >= 4 is 45.6 Å². The van der Waals surface area contributed by atoms with E-state index in [1.54, 1.807) is 17.4 Å². The van der Waals surface area contributed by atoms with E-state index >= 15 is 0 Å². The van der Waals surface area contributed by atoms with Gasteiger partial charge in [0.2, 0.25) is 0 Å². The van der Waals surface area contributed by atoms with Gasteiger partial charge in [0.15, 0.2) is 0 Å². The van der Waals surface area contributed by atoms with Gasteiger partial charge in [-0.3, -0.25) is 0 Å². The summed E-state index contributed by atoms with van der Waals surface area (Å²) in [7, 11) is 0. The number of alkyl halides is 1. The van der Waals surface area contributed by atoms with Gasteiger partial charge in [0.05, 0.1) is 27.5 Å². The number of aromatic nitrogens is 2. The second-order valence-electron chi connectivity index (χ2n) is 4.94. The molecule has 0 fully saturated rings. The Kier molecular flexibility index (Phi) is 3.95. The van der Waals surface area contributed by atoms with Gasteiger partial charge in [-0.05, 0) is 42.3 Å². The highest BCUT2D eigenvalue weighted by Crippen LogP contribution is 2.33. The molecule has 0 spiro atoms. The van der Waals surface area contributed by atoms with Crippen LogP contribution < -0.4 is 0 Å². The van der Waals surface area contributed by atoms with E-state index in [0.717, 1.165) is 5.52 Å². The molecule has 0 saturated heterocycles. The van der Waals surface area contributed by atoms with E-state index in [1.165, 1.54) is 11.6 Å². The zero-order valence-electron chi connectivity index (χ0n) is 11.5. The zero-order valence-corrected chi connectivity index (χ0v) is 13.8. The molecule has 2 unspecified atom stereocenters. The van der Waals surface area contributed by atoms with Crippen molar-refractivity contribution in [1.82, 2.24) is 9.55 Å². The van der Waals surface area contributed by atoms with Gasteiger partial charge in [0, 0.05) is 6.07 Å². The van der Waals surface area contributed by atoms with Crippen molar-refractivity contribution in [2.75, 3.05) is 0 Å². The number of hydrogen-bond donors (Lipinski definition) is 0. The molecular weight excluding hydrogens is 330 g/mol. The van der Waals surface area contributed by atoms with Crippen LogP contribution in [0.5, 0.6) is 0 Å². The van der Waals surface area contributed by atoms with Crippen LogP contribution in [-0.4, -0.2) is 9.55 Å². The lowest BCUT2D eigenvalue weighted by molar-refractivity contribution is 0.618. The number of thiophene rings is 1. The third-order valence-electron chi connectivity index (χ3n) is 3.53. The Labute approximate surface area is 136 Å². The zero-order chi connectivity index (χ0) is 15.1. The number of hydrogen-bond acceptors (Lipinski definition) is 2. The van der Waals surface area contributed by atoms with Gasteiger partial charge in [-0.1, -0.05) is 11.6 Å². The maximum Gasteiger partial charge on any atom is 0.144 e. The Morgan fingerprint density at radius 1 is 1.33 bits per heavy atom. The number of fused-ring (bicyclic) bond motifs is 1. The first-order chi connectivity index (χ1) is 9.99. The van der Waals surface area contributed by atoms with Crippen LogP contribution in [0.25, 0.3) is 11.0 Å². The van der Waals surface area contributed by atoms with Crippen LogP contribution in [0.15, 0.2) is 29.0 Å². The molecule has 3 aromatic rings. The number of rotatable bonds is 3. The predicted octanol–water partition coefficient (Wildman–Crippen LogP) is 5.80. The second-order valence-corrected chi connectivity index (χ2v) is 6.79. The summed E-state index contributed by atoms with van der Waals surface area (Å²) >= 11 is 13.8. The Morgan fingerprint density at radius 2 is 2.10 bits per heavy atom. The number of imidazole rings is 1. The van der Waals surface area contributed by atoms with Gasteiger partial charge in [-0.2, -0.15) is 11.3 Å².